The molecule has 0 saturated carbocycles. The molecule has 0 aliphatic carbocycles. The van der Waals surface area contributed by atoms with Crippen LogP contribution in [0.4, 0.5) is 5.69 Å². The SMILES string of the molecule is CC[N+](C)(CCCBr)CC(=O)Nc1c(C)ccc(Cl)c1C. The molecular weight excluding hydrogens is 352 g/mol. The fourth-order valence-corrected chi connectivity index (χ4v) is 2.74. The number of amides is 1. The molecular formula is C16H25BrClN2O+. The summed E-state index contributed by atoms with van der Waals surface area (Å²) in [5, 5.41) is 4.69. The van der Waals surface area contributed by atoms with Gasteiger partial charge in [0.2, 0.25) is 0 Å². The zero-order valence-corrected chi connectivity index (χ0v) is 15.6. The second kappa shape index (κ2) is 8.16. The van der Waals surface area contributed by atoms with Crippen molar-refractivity contribution in [2.45, 2.75) is 27.2 Å². The topological polar surface area (TPSA) is 29.1 Å². The lowest BCUT2D eigenvalue weighted by Gasteiger charge is -2.32. The summed E-state index contributed by atoms with van der Waals surface area (Å²) >= 11 is 9.59. The standard InChI is InChI=1S/C16H24BrClN2O/c1-5-20(4,10-6-9-17)11-15(21)19-16-12(2)7-8-14(18)13(16)3/h7-8H,5-6,9-11H2,1-4H3/p+1. The van der Waals surface area contributed by atoms with E-state index in [0.29, 0.717) is 11.6 Å². The molecule has 1 aromatic rings. The Bertz CT molecular complexity index is 507. The molecule has 0 aliphatic heterocycles. The Kier molecular flexibility index (Phi) is 7.17. The number of aryl methyl sites for hydroxylation is 1. The van der Waals surface area contributed by atoms with Crippen LogP contribution < -0.4 is 5.32 Å². The number of likely N-dealkylation sites (N-methyl/N-ethyl adjacent to an activating group) is 1. The zero-order valence-electron chi connectivity index (χ0n) is 13.3. The minimum atomic E-state index is 0.0439. The molecule has 5 heteroatoms. The van der Waals surface area contributed by atoms with Crippen LogP contribution in [0.25, 0.3) is 0 Å². The first-order valence-electron chi connectivity index (χ1n) is 7.28. The third-order valence-corrected chi connectivity index (χ3v) is 4.96. The molecule has 3 nitrogen and oxygen atoms in total. The van der Waals surface area contributed by atoms with Crippen LogP contribution in [-0.2, 0) is 4.79 Å². The van der Waals surface area contributed by atoms with Gasteiger partial charge in [0.25, 0.3) is 5.91 Å². The lowest BCUT2D eigenvalue weighted by atomic mass is 10.1. The number of anilines is 1. The Hall–Kier alpha value is -0.580. The van der Waals surface area contributed by atoms with Crippen LogP contribution in [-0.4, -0.2) is 42.4 Å². The van der Waals surface area contributed by atoms with E-state index in [-0.39, 0.29) is 5.91 Å². The van der Waals surface area contributed by atoms with Gasteiger partial charge in [-0.1, -0.05) is 33.6 Å². The molecule has 1 amide bonds. The van der Waals surface area contributed by atoms with E-state index in [4.69, 9.17) is 11.6 Å². The van der Waals surface area contributed by atoms with Gasteiger partial charge in [0.15, 0.2) is 6.54 Å². The predicted molar refractivity (Wildman–Crippen MR) is 94.4 cm³/mol. The van der Waals surface area contributed by atoms with Gasteiger partial charge < -0.3 is 9.80 Å². The molecule has 21 heavy (non-hydrogen) atoms. The minimum Gasteiger partial charge on any atom is -0.321 e. The number of nitrogens with one attached hydrogen (secondary N) is 1. The summed E-state index contributed by atoms with van der Waals surface area (Å²) in [7, 11) is 2.12. The van der Waals surface area contributed by atoms with Gasteiger partial charge in [-0.25, -0.2) is 0 Å². The van der Waals surface area contributed by atoms with Crippen molar-refractivity contribution in [3.05, 3.63) is 28.3 Å². The van der Waals surface area contributed by atoms with Crippen molar-refractivity contribution in [1.82, 2.24) is 0 Å². The molecule has 0 saturated heterocycles. The maximum atomic E-state index is 12.4. The fourth-order valence-electron chi connectivity index (χ4n) is 2.33. The second-order valence-corrected chi connectivity index (χ2v) is 6.97. The molecule has 0 heterocycles. The van der Waals surface area contributed by atoms with Crippen molar-refractivity contribution >= 4 is 39.1 Å². The van der Waals surface area contributed by atoms with Crippen LogP contribution >= 0.6 is 27.5 Å². The van der Waals surface area contributed by atoms with E-state index in [1.165, 1.54) is 0 Å². The molecule has 1 aromatic carbocycles. The number of halogens is 2. The number of hydrogen-bond donors (Lipinski definition) is 1. The highest BCUT2D eigenvalue weighted by Gasteiger charge is 2.23. The summed E-state index contributed by atoms with van der Waals surface area (Å²) < 4.78 is 0.746. The molecule has 1 N–H and O–H groups in total. The van der Waals surface area contributed by atoms with Crippen LogP contribution in [0, 0.1) is 13.8 Å². The van der Waals surface area contributed by atoms with Crippen LogP contribution in [0.1, 0.15) is 24.5 Å². The van der Waals surface area contributed by atoms with E-state index >= 15 is 0 Å². The van der Waals surface area contributed by atoms with Crippen LogP contribution in [0.5, 0.6) is 0 Å². The Morgan fingerprint density at radius 3 is 2.62 bits per heavy atom. The Labute approximate surface area is 141 Å². The lowest BCUT2D eigenvalue weighted by Crippen LogP contribution is -2.49. The fraction of sp³-hybridized carbons (Fsp3) is 0.562. The van der Waals surface area contributed by atoms with E-state index < -0.39 is 0 Å². The number of carbonyl (C=O) groups excluding carboxylic acids is 1. The van der Waals surface area contributed by atoms with Crippen LogP contribution in [0.15, 0.2) is 12.1 Å². The molecule has 1 rings (SSSR count). The van der Waals surface area contributed by atoms with Gasteiger partial charge in [0, 0.05) is 22.5 Å². The van der Waals surface area contributed by atoms with E-state index in [1.807, 2.05) is 26.0 Å². The second-order valence-electron chi connectivity index (χ2n) is 5.77. The van der Waals surface area contributed by atoms with Gasteiger partial charge in [0.05, 0.1) is 20.1 Å². The smallest absolute Gasteiger partial charge is 0.279 e. The third-order valence-electron chi connectivity index (χ3n) is 3.99. The average molecular weight is 377 g/mol. The molecule has 0 bridgehead atoms. The number of carbonyl (C=O) groups is 1. The molecule has 0 fully saturated rings. The first-order valence-corrected chi connectivity index (χ1v) is 8.78. The molecule has 0 radical (unpaired) electrons. The molecule has 0 aliphatic rings. The largest absolute Gasteiger partial charge is 0.321 e. The highest BCUT2D eigenvalue weighted by atomic mass is 79.9. The average Bonchev–Trinajstić information content (AvgIpc) is 2.45. The summed E-state index contributed by atoms with van der Waals surface area (Å²) in [6.07, 6.45) is 1.06. The first kappa shape index (κ1) is 18.5. The van der Waals surface area contributed by atoms with Crippen LogP contribution in [0.2, 0.25) is 5.02 Å². The first-order chi connectivity index (χ1) is 9.83. The van der Waals surface area contributed by atoms with Crippen LogP contribution in [0.3, 0.4) is 0 Å². The van der Waals surface area contributed by atoms with Crippen molar-refractivity contribution in [2.75, 3.05) is 37.3 Å². The molecule has 0 spiro atoms. The van der Waals surface area contributed by atoms with Gasteiger partial charge in [0.1, 0.15) is 0 Å². The predicted octanol–water partition coefficient (Wildman–Crippen LogP) is 4.15. The monoisotopic (exact) mass is 375 g/mol. The number of rotatable bonds is 7. The third kappa shape index (κ3) is 5.28. The van der Waals surface area contributed by atoms with E-state index in [2.05, 4.69) is 35.2 Å². The molecule has 1 atom stereocenters. The Morgan fingerprint density at radius 2 is 2.05 bits per heavy atom. The van der Waals surface area contributed by atoms with Crippen molar-refractivity contribution in [3.8, 4) is 0 Å². The summed E-state index contributed by atoms with van der Waals surface area (Å²) in [6, 6.07) is 3.80. The van der Waals surface area contributed by atoms with E-state index in [1.54, 1.807) is 0 Å². The van der Waals surface area contributed by atoms with Gasteiger partial charge in [-0.2, -0.15) is 0 Å². The van der Waals surface area contributed by atoms with Gasteiger partial charge in [-0.15, -0.1) is 0 Å². The van der Waals surface area contributed by atoms with Gasteiger partial charge in [-0.05, 0) is 38.0 Å². The summed E-state index contributed by atoms with van der Waals surface area (Å²) in [5.41, 5.74) is 2.81. The highest BCUT2D eigenvalue weighted by molar-refractivity contribution is 9.09. The minimum absolute atomic E-state index is 0.0439. The summed E-state index contributed by atoms with van der Waals surface area (Å²) in [5.74, 6) is 0.0439. The zero-order chi connectivity index (χ0) is 16.0. The lowest BCUT2D eigenvalue weighted by molar-refractivity contribution is -0.900. The van der Waals surface area contributed by atoms with E-state index in [0.717, 1.165) is 46.1 Å². The normalized spacial score (nSPS) is 13.8. The number of benzene rings is 1. The quantitative estimate of drug-likeness (QED) is 0.562. The van der Waals surface area contributed by atoms with Crippen molar-refractivity contribution < 1.29 is 9.28 Å². The van der Waals surface area contributed by atoms with Crippen molar-refractivity contribution in [1.29, 1.82) is 0 Å². The van der Waals surface area contributed by atoms with Crippen molar-refractivity contribution in [3.63, 3.8) is 0 Å². The molecule has 1 unspecified atom stereocenters. The summed E-state index contributed by atoms with van der Waals surface area (Å²) in [4.78, 5) is 12.4. The molecule has 0 aromatic heterocycles. The van der Waals surface area contributed by atoms with E-state index in [9.17, 15) is 4.79 Å². The number of nitrogens with zero attached hydrogens (tertiary/aromatic N) is 1. The van der Waals surface area contributed by atoms with Gasteiger partial charge in [-0.3, -0.25) is 4.79 Å². The maximum absolute atomic E-state index is 12.4. The number of hydrogen-bond acceptors (Lipinski definition) is 1. The Balaban J connectivity index is 2.80. The Morgan fingerprint density at radius 1 is 1.38 bits per heavy atom. The maximum Gasteiger partial charge on any atom is 0.279 e. The van der Waals surface area contributed by atoms with Crippen molar-refractivity contribution in [2.24, 2.45) is 0 Å². The number of alkyl halides is 1. The van der Waals surface area contributed by atoms with Gasteiger partial charge >= 0.3 is 0 Å². The summed E-state index contributed by atoms with van der Waals surface area (Å²) in [6.45, 7) is 8.45. The number of quaternary nitrogens is 1. The molecule has 118 valence electrons. The highest BCUT2D eigenvalue weighted by Crippen LogP contribution is 2.27.